The Balaban J connectivity index is 2.05. The van der Waals surface area contributed by atoms with Gasteiger partial charge in [-0.1, -0.05) is 6.92 Å². The Hall–Kier alpha value is -1.13. The van der Waals surface area contributed by atoms with E-state index in [1.54, 1.807) is 17.6 Å². The Kier molecular flexibility index (Phi) is 3.74. The highest BCUT2D eigenvalue weighted by Crippen LogP contribution is 2.27. The molecule has 0 bridgehead atoms. The SMILES string of the molecule is CCCNCc1csc(-c2ccoc2C)n1. The fourth-order valence-electron chi connectivity index (χ4n) is 1.51. The van der Waals surface area contributed by atoms with Crippen molar-refractivity contribution in [2.45, 2.75) is 26.8 Å². The first kappa shape index (κ1) is 11.4. The Morgan fingerprint density at radius 3 is 3.06 bits per heavy atom. The Morgan fingerprint density at radius 2 is 2.38 bits per heavy atom. The van der Waals surface area contributed by atoms with Crippen LogP contribution in [-0.2, 0) is 6.54 Å². The molecule has 2 aromatic heterocycles. The number of furan rings is 1. The summed E-state index contributed by atoms with van der Waals surface area (Å²) in [5, 5.41) is 6.49. The molecule has 1 N–H and O–H groups in total. The molecule has 86 valence electrons. The molecule has 0 atom stereocenters. The summed E-state index contributed by atoms with van der Waals surface area (Å²) in [6.07, 6.45) is 2.86. The van der Waals surface area contributed by atoms with Crippen LogP contribution in [0.2, 0.25) is 0 Å². The molecule has 0 radical (unpaired) electrons. The van der Waals surface area contributed by atoms with E-state index < -0.39 is 0 Å². The third-order valence-corrected chi connectivity index (χ3v) is 3.30. The number of hydrogen-bond acceptors (Lipinski definition) is 4. The van der Waals surface area contributed by atoms with E-state index in [0.29, 0.717) is 0 Å². The average Bonchev–Trinajstić information content (AvgIpc) is 2.87. The van der Waals surface area contributed by atoms with E-state index >= 15 is 0 Å². The quantitative estimate of drug-likeness (QED) is 0.810. The van der Waals surface area contributed by atoms with Crippen molar-refractivity contribution < 1.29 is 4.42 Å². The molecule has 2 aromatic rings. The first-order valence-corrected chi connectivity index (χ1v) is 6.38. The van der Waals surface area contributed by atoms with Gasteiger partial charge < -0.3 is 9.73 Å². The normalized spacial score (nSPS) is 10.9. The van der Waals surface area contributed by atoms with Crippen LogP contribution >= 0.6 is 11.3 Å². The van der Waals surface area contributed by atoms with Gasteiger partial charge in [-0.3, -0.25) is 0 Å². The second-order valence-electron chi connectivity index (χ2n) is 3.71. The minimum Gasteiger partial charge on any atom is -0.469 e. The van der Waals surface area contributed by atoms with E-state index in [1.165, 1.54) is 0 Å². The highest BCUT2D eigenvalue weighted by Gasteiger charge is 2.08. The largest absolute Gasteiger partial charge is 0.469 e. The van der Waals surface area contributed by atoms with Crippen LogP contribution in [0.5, 0.6) is 0 Å². The second kappa shape index (κ2) is 5.27. The topological polar surface area (TPSA) is 38.1 Å². The Morgan fingerprint density at radius 1 is 1.50 bits per heavy atom. The molecule has 3 nitrogen and oxygen atoms in total. The molecule has 0 amide bonds. The lowest BCUT2D eigenvalue weighted by Gasteiger charge is -1.98. The molecule has 0 saturated carbocycles. The third kappa shape index (κ3) is 2.51. The molecule has 0 aliphatic rings. The number of rotatable bonds is 5. The molecule has 0 aliphatic heterocycles. The summed E-state index contributed by atoms with van der Waals surface area (Å²) in [7, 11) is 0. The molecule has 16 heavy (non-hydrogen) atoms. The standard InChI is InChI=1S/C12H16N2OS/c1-3-5-13-7-10-8-16-12(14-10)11-4-6-15-9(11)2/h4,6,8,13H,3,5,7H2,1-2H3. The smallest absolute Gasteiger partial charge is 0.127 e. The Labute approximate surface area is 99.5 Å². The van der Waals surface area contributed by atoms with E-state index in [0.717, 1.165) is 41.5 Å². The maximum atomic E-state index is 5.28. The van der Waals surface area contributed by atoms with Crippen LogP contribution in [0.25, 0.3) is 10.6 Å². The summed E-state index contributed by atoms with van der Waals surface area (Å²) in [6.45, 7) is 6.01. The zero-order valence-electron chi connectivity index (χ0n) is 9.62. The molecule has 0 aromatic carbocycles. The molecular weight excluding hydrogens is 220 g/mol. The van der Waals surface area contributed by atoms with E-state index in [9.17, 15) is 0 Å². The molecule has 0 aliphatic carbocycles. The van der Waals surface area contributed by atoms with Crippen molar-refractivity contribution in [3.05, 3.63) is 29.2 Å². The van der Waals surface area contributed by atoms with Crippen LogP contribution in [0.15, 0.2) is 22.1 Å². The molecule has 0 saturated heterocycles. The van der Waals surface area contributed by atoms with Gasteiger partial charge in [0.05, 0.1) is 17.5 Å². The van der Waals surface area contributed by atoms with Crippen molar-refractivity contribution in [2.24, 2.45) is 0 Å². The fraction of sp³-hybridized carbons (Fsp3) is 0.417. The molecule has 2 rings (SSSR count). The maximum Gasteiger partial charge on any atom is 0.127 e. The number of aryl methyl sites for hydroxylation is 1. The summed E-state index contributed by atoms with van der Waals surface area (Å²) >= 11 is 1.67. The zero-order valence-corrected chi connectivity index (χ0v) is 10.4. The van der Waals surface area contributed by atoms with Gasteiger partial charge in [0.25, 0.3) is 0 Å². The predicted molar refractivity (Wildman–Crippen MR) is 66.6 cm³/mol. The van der Waals surface area contributed by atoms with Crippen LogP contribution in [0.1, 0.15) is 24.8 Å². The van der Waals surface area contributed by atoms with E-state index in [4.69, 9.17) is 4.42 Å². The number of thiazole rings is 1. The monoisotopic (exact) mass is 236 g/mol. The van der Waals surface area contributed by atoms with Gasteiger partial charge in [0.1, 0.15) is 10.8 Å². The number of aromatic nitrogens is 1. The minimum atomic E-state index is 0.848. The number of nitrogens with zero attached hydrogens (tertiary/aromatic N) is 1. The van der Waals surface area contributed by atoms with Gasteiger partial charge >= 0.3 is 0 Å². The number of hydrogen-bond donors (Lipinski definition) is 1. The van der Waals surface area contributed by atoms with Crippen molar-refractivity contribution in [1.29, 1.82) is 0 Å². The summed E-state index contributed by atoms with van der Waals surface area (Å²) in [6, 6.07) is 1.97. The van der Waals surface area contributed by atoms with Crippen LogP contribution in [0.4, 0.5) is 0 Å². The van der Waals surface area contributed by atoms with Crippen molar-refractivity contribution in [3.63, 3.8) is 0 Å². The molecule has 2 heterocycles. The van der Waals surface area contributed by atoms with Gasteiger partial charge in [0.2, 0.25) is 0 Å². The predicted octanol–water partition coefficient (Wildman–Crippen LogP) is 3.21. The van der Waals surface area contributed by atoms with Gasteiger partial charge in [-0.25, -0.2) is 4.98 Å². The molecule has 0 fully saturated rings. The van der Waals surface area contributed by atoms with Gasteiger partial charge in [-0.2, -0.15) is 0 Å². The van der Waals surface area contributed by atoms with E-state index in [1.807, 2.05) is 13.0 Å². The second-order valence-corrected chi connectivity index (χ2v) is 4.57. The lowest BCUT2D eigenvalue weighted by atomic mass is 10.3. The van der Waals surface area contributed by atoms with Crippen molar-refractivity contribution in [3.8, 4) is 10.6 Å². The van der Waals surface area contributed by atoms with Gasteiger partial charge in [0, 0.05) is 11.9 Å². The van der Waals surface area contributed by atoms with E-state index in [-0.39, 0.29) is 0 Å². The lowest BCUT2D eigenvalue weighted by molar-refractivity contribution is 0.535. The summed E-state index contributed by atoms with van der Waals surface area (Å²) < 4.78 is 5.28. The van der Waals surface area contributed by atoms with Crippen LogP contribution in [-0.4, -0.2) is 11.5 Å². The third-order valence-electron chi connectivity index (χ3n) is 2.37. The van der Waals surface area contributed by atoms with Gasteiger partial charge in [-0.05, 0) is 26.0 Å². The Bertz CT molecular complexity index is 447. The summed E-state index contributed by atoms with van der Waals surface area (Å²) in [5.41, 5.74) is 2.21. The molecular formula is C12H16N2OS. The van der Waals surface area contributed by atoms with Crippen molar-refractivity contribution in [1.82, 2.24) is 10.3 Å². The number of nitrogens with one attached hydrogen (secondary N) is 1. The fourth-order valence-corrected chi connectivity index (χ4v) is 2.40. The molecule has 4 heteroatoms. The van der Waals surface area contributed by atoms with Gasteiger partial charge in [0.15, 0.2) is 0 Å². The van der Waals surface area contributed by atoms with Crippen molar-refractivity contribution in [2.75, 3.05) is 6.54 Å². The zero-order chi connectivity index (χ0) is 11.4. The van der Waals surface area contributed by atoms with E-state index in [2.05, 4.69) is 22.6 Å². The van der Waals surface area contributed by atoms with Crippen molar-refractivity contribution >= 4 is 11.3 Å². The van der Waals surface area contributed by atoms with Gasteiger partial charge in [-0.15, -0.1) is 11.3 Å². The summed E-state index contributed by atoms with van der Waals surface area (Å²) in [5.74, 6) is 0.933. The molecule has 0 spiro atoms. The van der Waals surface area contributed by atoms with Crippen LogP contribution < -0.4 is 5.32 Å². The summed E-state index contributed by atoms with van der Waals surface area (Å²) in [4.78, 5) is 4.58. The highest BCUT2D eigenvalue weighted by molar-refractivity contribution is 7.13. The first-order valence-electron chi connectivity index (χ1n) is 5.51. The lowest BCUT2D eigenvalue weighted by Crippen LogP contribution is -2.13. The highest BCUT2D eigenvalue weighted by atomic mass is 32.1. The minimum absolute atomic E-state index is 0.848. The van der Waals surface area contributed by atoms with Crippen LogP contribution in [0, 0.1) is 6.92 Å². The first-order chi connectivity index (χ1) is 7.81. The van der Waals surface area contributed by atoms with Crippen LogP contribution in [0.3, 0.4) is 0 Å². The average molecular weight is 236 g/mol. The maximum absolute atomic E-state index is 5.28. The molecule has 0 unspecified atom stereocenters.